The third-order valence-electron chi connectivity index (χ3n) is 4.08. The molecule has 7 nitrogen and oxygen atoms in total. The summed E-state index contributed by atoms with van der Waals surface area (Å²) in [5.74, 6) is 0.944. The Balaban J connectivity index is 1.80. The van der Waals surface area contributed by atoms with Gasteiger partial charge < -0.3 is 14.6 Å². The second-order valence-electron chi connectivity index (χ2n) is 5.95. The van der Waals surface area contributed by atoms with Crippen molar-refractivity contribution in [3.63, 3.8) is 0 Å². The van der Waals surface area contributed by atoms with E-state index in [1.54, 1.807) is 19.2 Å². The van der Waals surface area contributed by atoms with Crippen LogP contribution in [0.25, 0.3) is 11.5 Å². The standard InChI is InChI=1S/C20H20N4O3/c1-4-16-18(23-20(27-16)14-8-6-5-7-9-14)19(26)22-15-10-11-17(21-12-15)24(3)13(2)25/h5-12H,4H2,1-3H3,(H,22,26). The number of anilines is 2. The summed E-state index contributed by atoms with van der Waals surface area (Å²) in [5.41, 5.74) is 1.57. The topological polar surface area (TPSA) is 88.3 Å². The maximum atomic E-state index is 12.6. The molecule has 0 saturated carbocycles. The summed E-state index contributed by atoms with van der Waals surface area (Å²) in [5, 5.41) is 2.77. The number of hydrogen-bond acceptors (Lipinski definition) is 5. The van der Waals surface area contributed by atoms with Gasteiger partial charge in [0, 0.05) is 26.0 Å². The highest BCUT2D eigenvalue weighted by molar-refractivity contribution is 6.03. The van der Waals surface area contributed by atoms with Crippen LogP contribution in [0.15, 0.2) is 53.1 Å². The van der Waals surface area contributed by atoms with Crippen LogP contribution in [-0.4, -0.2) is 28.8 Å². The number of carbonyl (C=O) groups is 2. The number of hydrogen-bond donors (Lipinski definition) is 1. The molecule has 0 aliphatic rings. The van der Waals surface area contributed by atoms with E-state index in [4.69, 9.17) is 4.42 Å². The number of aryl methyl sites for hydroxylation is 1. The molecule has 2 aromatic heterocycles. The molecule has 7 heteroatoms. The lowest BCUT2D eigenvalue weighted by Crippen LogP contribution is -2.23. The molecule has 0 fully saturated rings. The lowest BCUT2D eigenvalue weighted by atomic mass is 10.2. The van der Waals surface area contributed by atoms with E-state index in [1.807, 2.05) is 37.3 Å². The smallest absolute Gasteiger partial charge is 0.277 e. The first-order chi connectivity index (χ1) is 13.0. The monoisotopic (exact) mass is 364 g/mol. The van der Waals surface area contributed by atoms with Gasteiger partial charge in [-0.3, -0.25) is 9.59 Å². The molecule has 0 spiro atoms. The third kappa shape index (κ3) is 4.03. The zero-order valence-corrected chi connectivity index (χ0v) is 15.4. The van der Waals surface area contributed by atoms with Crippen LogP contribution in [0, 0.1) is 0 Å². The van der Waals surface area contributed by atoms with Gasteiger partial charge in [-0.2, -0.15) is 0 Å². The van der Waals surface area contributed by atoms with E-state index in [2.05, 4.69) is 15.3 Å². The molecule has 0 aliphatic carbocycles. The summed E-state index contributed by atoms with van der Waals surface area (Å²) in [7, 11) is 1.64. The second kappa shape index (κ2) is 7.82. The maximum Gasteiger partial charge on any atom is 0.277 e. The van der Waals surface area contributed by atoms with Gasteiger partial charge in [-0.15, -0.1) is 0 Å². The van der Waals surface area contributed by atoms with E-state index in [1.165, 1.54) is 18.0 Å². The molecule has 0 unspecified atom stereocenters. The number of benzene rings is 1. The van der Waals surface area contributed by atoms with Crippen molar-refractivity contribution in [1.29, 1.82) is 0 Å². The largest absolute Gasteiger partial charge is 0.440 e. The van der Waals surface area contributed by atoms with Gasteiger partial charge in [0.1, 0.15) is 11.6 Å². The van der Waals surface area contributed by atoms with Crippen molar-refractivity contribution < 1.29 is 14.0 Å². The van der Waals surface area contributed by atoms with Crippen LogP contribution in [0.3, 0.4) is 0 Å². The number of amides is 2. The average Bonchev–Trinajstić information content (AvgIpc) is 3.13. The van der Waals surface area contributed by atoms with Crippen LogP contribution < -0.4 is 10.2 Å². The number of pyridine rings is 1. The van der Waals surface area contributed by atoms with Crippen LogP contribution in [-0.2, 0) is 11.2 Å². The van der Waals surface area contributed by atoms with E-state index in [0.717, 1.165) is 5.56 Å². The molecule has 27 heavy (non-hydrogen) atoms. The number of carbonyl (C=O) groups excluding carboxylic acids is 2. The lowest BCUT2D eigenvalue weighted by molar-refractivity contribution is -0.116. The number of rotatable bonds is 5. The molecule has 3 aromatic rings. The lowest BCUT2D eigenvalue weighted by Gasteiger charge is -2.13. The first-order valence-corrected chi connectivity index (χ1v) is 8.56. The summed E-state index contributed by atoms with van der Waals surface area (Å²) in [6, 6.07) is 12.8. The van der Waals surface area contributed by atoms with E-state index in [0.29, 0.717) is 29.6 Å². The summed E-state index contributed by atoms with van der Waals surface area (Å²) < 4.78 is 5.75. The van der Waals surface area contributed by atoms with E-state index in [-0.39, 0.29) is 17.5 Å². The van der Waals surface area contributed by atoms with Crippen molar-refractivity contribution in [2.75, 3.05) is 17.3 Å². The quantitative estimate of drug-likeness (QED) is 0.748. The molecule has 3 rings (SSSR count). The molecule has 1 aromatic carbocycles. The molecule has 2 amide bonds. The zero-order chi connectivity index (χ0) is 19.4. The molecule has 0 bridgehead atoms. The van der Waals surface area contributed by atoms with Gasteiger partial charge in [0.05, 0.1) is 11.9 Å². The van der Waals surface area contributed by atoms with Crippen LogP contribution >= 0.6 is 0 Å². The normalized spacial score (nSPS) is 10.5. The summed E-state index contributed by atoms with van der Waals surface area (Å²) >= 11 is 0. The predicted molar refractivity (Wildman–Crippen MR) is 103 cm³/mol. The minimum atomic E-state index is -0.368. The average molecular weight is 364 g/mol. The Morgan fingerprint density at radius 1 is 1.15 bits per heavy atom. The molecule has 0 atom stereocenters. The Labute approximate surface area is 157 Å². The van der Waals surface area contributed by atoms with Crippen LogP contribution in [0.1, 0.15) is 30.1 Å². The minimum absolute atomic E-state index is 0.122. The Morgan fingerprint density at radius 2 is 1.89 bits per heavy atom. The van der Waals surface area contributed by atoms with E-state index >= 15 is 0 Å². The van der Waals surface area contributed by atoms with Gasteiger partial charge in [0.15, 0.2) is 5.69 Å². The van der Waals surface area contributed by atoms with Gasteiger partial charge in [-0.1, -0.05) is 25.1 Å². The maximum absolute atomic E-state index is 12.6. The van der Waals surface area contributed by atoms with Crippen molar-refractivity contribution in [2.45, 2.75) is 20.3 Å². The Hall–Kier alpha value is -3.48. The van der Waals surface area contributed by atoms with Crippen LogP contribution in [0.2, 0.25) is 0 Å². The molecule has 0 saturated heterocycles. The van der Waals surface area contributed by atoms with Crippen molar-refractivity contribution in [3.8, 4) is 11.5 Å². The molecular formula is C20H20N4O3. The molecule has 2 heterocycles. The van der Waals surface area contributed by atoms with E-state index in [9.17, 15) is 9.59 Å². The SMILES string of the molecule is CCc1oc(-c2ccccc2)nc1C(=O)Nc1ccc(N(C)C(C)=O)nc1. The first kappa shape index (κ1) is 18.3. The van der Waals surface area contributed by atoms with Gasteiger partial charge in [0.25, 0.3) is 5.91 Å². The predicted octanol–water partition coefficient (Wildman–Crippen LogP) is 3.53. The van der Waals surface area contributed by atoms with Gasteiger partial charge >= 0.3 is 0 Å². The fourth-order valence-electron chi connectivity index (χ4n) is 2.48. The summed E-state index contributed by atoms with van der Waals surface area (Å²) in [6.07, 6.45) is 2.04. The Kier molecular flexibility index (Phi) is 5.30. The minimum Gasteiger partial charge on any atom is -0.440 e. The zero-order valence-electron chi connectivity index (χ0n) is 15.4. The molecular weight excluding hydrogens is 344 g/mol. The fourth-order valence-corrected chi connectivity index (χ4v) is 2.48. The number of oxazole rings is 1. The summed E-state index contributed by atoms with van der Waals surface area (Å²) in [4.78, 5) is 34.0. The van der Waals surface area contributed by atoms with E-state index < -0.39 is 0 Å². The van der Waals surface area contributed by atoms with Crippen LogP contribution in [0.4, 0.5) is 11.5 Å². The first-order valence-electron chi connectivity index (χ1n) is 8.56. The van der Waals surface area contributed by atoms with Crippen molar-refractivity contribution in [2.24, 2.45) is 0 Å². The summed E-state index contributed by atoms with van der Waals surface area (Å²) in [6.45, 7) is 3.36. The highest BCUT2D eigenvalue weighted by Crippen LogP contribution is 2.23. The van der Waals surface area contributed by atoms with Gasteiger partial charge in [-0.25, -0.2) is 9.97 Å². The fraction of sp³-hybridized carbons (Fsp3) is 0.200. The highest BCUT2D eigenvalue weighted by atomic mass is 16.4. The molecule has 0 aliphatic heterocycles. The van der Waals surface area contributed by atoms with Gasteiger partial charge in [0.2, 0.25) is 11.8 Å². The number of nitrogens with one attached hydrogen (secondary N) is 1. The molecule has 0 radical (unpaired) electrons. The molecule has 138 valence electrons. The van der Waals surface area contributed by atoms with Crippen molar-refractivity contribution >= 4 is 23.3 Å². The Morgan fingerprint density at radius 3 is 2.48 bits per heavy atom. The third-order valence-corrected chi connectivity index (χ3v) is 4.08. The molecule has 1 N–H and O–H groups in total. The van der Waals surface area contributed by atoms with Crippen molar-refractivity contribution in [1.82, 2.24) is 9.97 Å². The highest BCUT2D eigenvalue weighted by Gasteiger charge is 2.20. The Bertz CT molecular complexity index is 949. The van der Waals surface area contributed by atoms with Crippen molar-refractivity contribution in [3.05, 3.63) is 60.1 Å². The number of nitrogens with zero attached hydrogens (tertiary/aromatic N) is 3. The second-order valence-corrected chi connectivity index (χ2v) is 5.95. The van der Waals surface area contributed by atoms with Crippen LogP contribution in [0.5, 0.6) is 0 Å². The number of aromatic nitrogens is 2. The van der Waals surface area contributed by atoms with Gasteiger partial charge in [-0.05, 0) is 24.3 Å².